The Labute approximate surface area is 103 Å². The zero-order chi connectivity index (χ0) is 12.9. The van der Waals surface area contributed by atoms with Crippen LogP contribution in [0.4, 0.5) is 0 Å². The largest absolute Gasteiger partial charge is 0.390 e. The number of allylic oxidation sites excluding steroid dienone is 4. The minimum atomic E-state index is -1.03. The Bertz CT molecular complexity index is 328. The van der Waals surface area contributed by atoms with Crippen LogP contribution in [0.2, 0.25) is 0 Å². The number of ether oxygens (including phenoxy) is 1. The van der Waals surface area contributed by atoms with Gasteiger partial charge < -0.3 is 14.9 Å². The zero-order valence-electron chi connectivity index (χ0n) is 10.8. The van der Waals surface area contributed by atoms with Gasteiger partial charge in [-0.1, -0.05) is 24.3 Å². The second kappa shape index (κ2) is 6.15. The SMILES string of the molecule is CC=C1CCOC(/C=C/C=C/C)(C(C)O)C1O. The van der Waals surface area contributed by atoms with Crippen molar-refractivity contribution in [3.05, 3.63) is 36.0 Å². The van der Waals surface area contributed by atoms with E-state index >= 15 is 0 Å². The smallest absolute Gasteiger partial charge is 0.142 e. The lowest BCUT2D eigenvalue weighted by Gasteiger charge is -2.42. The molecular weight excluding hydrogens is 216 g/mol. The highest BCUT2D eigenvalue weighted by Gasteiger charge is 2.45. The lowest BCUT2D eigenvalue weighted by Crippen LogP contribution is -2.55. The molecule has 1 aliphatic heterocycles. The van der Waals surface area contributed by atoms with E-state index in [9.17, 15) is 10.2 Å². The molecule has 3 heteroatoms. The molecular formula is C14H22O3. The van der Waals surface area contributed by atoms with Crippen molar-refractivity contribution in [3.8, 4) is 0 Å². The third-order valence-electron chi connectivity index (χ3n) is 3.21. The van der Waals surface area contributed by atoms with Gasteiger partial charge in [0.1, 0.15) is 11.7 Å². The monoisotopic (exact) mass is 238 g/mol. The molecule has 96 valence electrons. The van der Waals surface area contributed by atoms with Crippen molar-refractivity contribution in [1.82, 2.24) is 0 Å². The standard InChI is InChI=1S/C14H22O3/c1-4-6-7-9-14(11(3)15)13(16)12(5-2)8-10-17-14/h4-7,9,11,13,15-16H,8,10H2,1-3H3/b6-4+,9-7+,12-5?. The van der Waals surface area contributed by atoms with Crippen LogP contribution in [0, 0.1) is 0 Å². The molecule has 2 N–H and O–H groups in total. The van der Waals surface area contributed by atoms with E-state index in [4.69, 9.17) is 4.74 Å². The van der Waals surface area contributed by atoms with Crippen LogP contribution in [0.25, 0.3) is 0 Å². The van der Waals surface area contributed by atoms with Gasteiger partial charge in [0.05, 0.1) is 12.7 Å². The van der Waals surface area contributed by atoms with Crippen molar-refractivity contribution < 1.29 is 14.9 Å². The lowest BCUT2D eigenvalue weighted by atomic mass is 9.82. The summed E-state index contributed by atoms with van der Waals surface area (Å²) in [5.74, 6) is 0. The minimum absolute atomic E-state index is 0.516. The van der Waals surface area contributed by atoms with Crippen LogP contribution in [0.5, 0.6) is 0 Å². The summed E-state index contributed by atoms with van der Waals surface area (Å²) >= 11 is 0. The van der Waals surface area contributed by atoms with Gasteiger partial charge in [0.15, 0.2) is 0 Å². The molecule has 0 bridgehead atoms. The molecule has 0 aliphatic carbocycles. The fourth-order valence-corrected chi connectivity index (χ4v) is 2.10. The van der Waals surface area contributed by atoms with Crippen molar-refractivity contribution >= 4 is 0 Å². The molecule has 17 heavy (non-hydrogen) atoms. The predicted molar refractivity (Wildman–Crippen MR) is 68.7 cm³/mol. The lowest BCUT2D eigenvalue weighted by molar-refractivity contribution is -0.152. The highest BCUT2D eigenvalue weighted by Crippen LogP contribution is 2.33. The first-order chi connectivity index (χ1) is 8.08. The summed E-state index contributed by atoms with van der Waals surface area (Å²) in [7, 11) is 0. The van der Waals surface area contributed by atoms with Gasteiger partial charge in [-0.05, 0) is 38.8 Å². The molecule has 1 aliphatic rings. The van der Waals surface area contributed by atoms with Crippen LogP contribution in [0.3, 0.4) is 0 Å². The van der Waals surface area contributed by atoms with Crippen molar-refractivity contribution in [2.24, 2.45) is 0 Å². The van der Waals surface area contributed by atoms with Gasteiger partial charge in [0.2, 0.25) is 0 Å². The van der Waals surface area contributed by atoms with E-state index in [-0.39, 0.29) is 0 Å². The van der Waals surface area contributed by atoms with E-state index in [1.165, 1.54) is 0 Å². The molecule has 0 saturated carbocycles. The van der Waals surface area contributed by atoms with E-state index in [2.05, 4.69) is 0 Å². The molecule has 1 heterocycles. The van der Waals surface area contributed by atoms with Gasteiger partial charge in [-0.15, -0.1) is 0 Å². The van der Waals surface area contributed by atoms with Crippen LogP contribution < -0.4 is 0 Å². The normalized spacial score (nSPS) is 34.9. The Morgan fingerprint density at radius 1 is 1.41 bits per heavy atom. The highest BCUT2D eigenvalue weighted by molar-refractivity contribution is 5.25. The van der Waals surface area contributed by atoms with Crippen molar-refractivity contribution in [1.29, 1.82) is 0 Å². The summed E-state index contributed by atoms with van der Waals surface area (Å²) in [5.41, 5.74) is -0.109. The molecule has 1 saturated heterocycles. The first kappa shape index (κ1) is 14.2. The Hall–Kier alpha value is -0.900. The van der Waals surface area contributed by atoms with Gasteiger partial charge in [-0.2, -0.15) is 0 Å². The highest BCUT2D eigenvalue weighted by atomic mass is 16.5. The third-order valence-corrected chi connectivity index (χ3v) is 3.21. The average molecular weight is 238 g/mol. The molecule has 0 aromatic heterocycles. The first-order valence-electron chi connectivity index (χ1n) is 6.04. The molecule has 3 atom stereocenters. The van der Waals surface area contributed by atoms with Gasteiger partial charge in [0, 0.05) is 0 Å². The molecule has 0 aromatic rings. The summed E-state index contributed by atoms with van der Waals surface area (Å²) in [6.45, 7) is 5.96. The number of hydrogen-bond acceptors (Lipinski definition) is 3. The molecule has 0 radical (unpaired) electrons. The minimum Gasteiger partial charge on any atom is -0.390 e. The number of hydrogen-bond donors (Lipinski definition) is 2. The summed E-state index contributed by atoms with van der Waals surface area (Å²) < 4.78 is 5.66. The predicted octanol–water partition coefficient (Wildman–Crippen LogP) is 1.97. The van der Waals surface area contributed by atoms with Crippen molar-refractivity contribution in [2.45, 2.75) is 45.0 Å². The number of aliphatic hydroxyl groups is 2. The van der Waals surface area contributed by atoms with E-state index in [1.54, 1.807) is 19.1 Å². The quantitative estimate of drug-likeness (QED) is 0.584. The maximum absolute atomic E-state index is 10.3. The van der Waals surface area contributed by atoms with Crippen LogP contribution in [0.1, 0.15) is 27.2 Å². The van der Waals surface area contributed by atoms with Crippen molar-refractivity contribution in [2.75, 3.05) is 6.61 Å². The van der Waals surface area contributed by atoms with Crippen LogP contribution in [0.15, 0.2) is 36.0 Å². The third kappa shape index (κ3) is 2.86. The Morgan fingerprint density at radius 3 is 2.65 bits per heavy atom. The average Bonchev–Trinajstić information content (AvgIpc) is 2.31. The van der Waals surface area contributed by atoms with Crippen molar-refractivity contribution in [3.63, 3.8) is 0 Å². The maximum atomic E-state index is 10.3. The molecule has 3 nitrogen and oxygen atoms in total. The zero-order valence-corrected chi connectivity index (χ0v) is 10.8. The van der Waals surface area contributed by atoms with E-state index in [1.807, 2.05) is 32.1 Å². The second-order valence-corrected chi connectivity index (χ2v) is 4.28. The first-order valence-corrected chi connectivity index (χ1v) is 6.04. The van der Waals surface area contributed by atoms with Crippen LogP contribution >= 0.6 is 0 Å². The molecule has 0 aromatic carbocycles. The second-order valence-electron chi connectivity index (χ2n) is 4.28. The van der Waals surface area contributed by atoms with Gasteiger partial charge >= 0.3 is 0 Å². The number of rotatable bonds is 3. The molecule has 1 fully saturated rings. The fourth-order valence-electron chi connectivity index (χ4n) is 2.10. The molecule has 0 spiro atoms. The van der Waals surface area contributed by atoms with Crippen LogP contribution in [-0.4, -0.2) is 34.6 Å². The maximum Gasteiger partial charge on any atom is 0.142 e. The fraction of sp³-hybridized carbons (Fsp3) is 0.571. The van der Waals surface area contributed by atoms with Gasteiger partial charge in [0.25, 0.3) is 0 Å². The number of aliphatic hydroxyl groups excluding tert-OH is 2. The Morgan fingerprint density at radius 2 is 2.12 bits per heavy atom. The Kier molecular flexibility index (Phi) is 5.12. The summed E-state index contributed by atoms with van der Waals surface area (Å²) in [6, 6.07) is 0. The van der Waals surface area contributed by atoms with E-state index < -0.39 is 17.8 Å². The molecule has 1 rings (SSSR count). The van der Waals surface area contributed by atoms with Gasteiger partial charge in [-0.25, -0.2) is 0 Å². The summed E-state index contributed by atoms with van der Waals surface area (Å²) in [6.07, 6.45) is 8.33. The van der Waals surface area contributed by atoms with Gasteiger partial charge in [-0.3, -0.25) is 0 Å². The Balaban J connectivity index is 3.05. The summed E-state index contributed by atoms with van der Waals surface area (Å²) in [5, 5.41) is 20.2. The van der Waals surface area contributed by atoms with Crippen LogP contribution in [-0.2, 0) is 4.74 Å². The van der Waals surface area contributed by atoms with E-state index in [0.717, 1.165) is 5.57 Å². The molecule has 3 unspecified atom stereocenters. The summed E-state index contributed by atoms with van der Waals surface area (Å²) in [4.78, 5) is 0. The van der Waals surface area contributed by atoms with E-state index in [0.29, 0.717) is 13.0 Å². The topological polar surface area (TPSA) is 49.7 Å². The molecule has 0 amide bonds.